The lowest BCUT2D eigenvalue weighted by Crippen LogP contribution is -3.10. The molecule has 0 aromatic heterocycles. The van der Waals surface area contributed by atoms with Gasteiger partial charge in [0.25, 0.3) is 0 Å². The van der Waals surface area contributed by atoms with Crippen LogP contribution in [0.4, 0.5) is 5.69 Å². The number of hydrazone groups is 1. The summed E-state index contributed by atoms with van der Waals surface area (Å²) in [5.74, 6) is 0.937. The van der Waals surface area contributed by atoms with Crippen LogP contribution in [0.1, 0.15) is 5.56 Å². The van der Waals surface area contributed by atoms with Crippen LogP contribution < -0.4 is 14.7 Å². The molecule has 0 spiro atoms. The van der Waals surface area contributed by atoms with E-state index in [4.69, 9.17) is 4.74 Å². The Bertz CT molecular complexity index is 963. The van der Waals surface area contributed by atoms with Crippen LogP contribution in [0, 0.1) is 0 Å². The monoisotopic (exact) mass is 361 g/mol. The van der Waals surface area contributed by atoms with Gasteiger partial charge in [0.1, 0.15) is 13.1 Å². The first-order valence-corrected chi connectivity index (χ1v) is 9.22. The largest absolute Gasteiger partial charge is 0.872 e. The molecule has 5 nitrogen and oxygen atoms in total. The summed E-state index contributed by atoms with van der Waals surface area (Å²) in [6.45, 7) is 3.56. The summed E-state index contributed by atoms with van der Waals surface area (Å²) < 4.78 is 5.49. The van der Waals surface area contributed by atoms with Gasteiger partial charge in [0, 0.05) is 6.07 Å². The topological polar surface area (TPSA) is 52.3 Å². The molecule has 0 bridgehead atoms. The van der Waals surface area contributed by atoms with Crippen molar-refractivity contribution < 1.29 is 14.7 Å². The maximum atomic E-state index is 12.3. The lowest BCUT2D eigenvalue weighted by atomic mass is 10.0. The van der Waals surface area contributed by atoms with Gasteiger partial charge in [0.2, 0.25) is 0 Å². The van der Waals surface area contributed by atoms with Crippen molar-refractivity contribution in [3.05, 3.63) is 66.2 Å². The van der Waals surface area contributed by atoms with Crippen molar-refractivity contribution in [3.63, 3.8) is 0 Å². The quantitative estimate of drug-likeness (QED) is 0.721. The third kappa shape index (κ3) is 3.59. The SMILES string of the molecule is COc1ccccc1[NH+]1CCN(/N=C/c2c([O-])ccc3ccccc23)CC1. The molecule has 0 atom stereocenters. The van der Waals surface area contributed by atoms with Crippen molar-refractivity contribution in [2.45, 2.75) is 0 Å². The molecule has 0 unspecified atom stereocenters. The first-order valence-electron chi connectivity index (χ1n) is 9.22. The van der Waals surface area contributed by atoms with Gasteiger partial charge in [-0.15, -0.1) is 0 Å². The zero-order valence-corrected chi connectivity index (χ0v) is 15.4. The first-order chi connectivity index (χ1) is 13.3. The average molecular weight is 361 g/mol. The molecular weight excluding hydrogens is 338 g/mol. The molecular formula is C22H23N3O2. The summed E-state index contributed by atoms with van der Waals surface area (Å²) in [6, 6.07) is 19.6. The highest BCUT2D eigenvalue weighted by molar-refractivity contribution is 6.02. The van der Waals surface area contributed by atoms with Crippen LogP contribution in [-0.4, -0.2) is 44.5 Å². The van der Waals surface area contributed by atoms with E-state index in [-0.39, 0.29) is 5.75 Å². The number of benzene rings is 3. The molecule has 5 heteroatoms. The van der Waals surface area contributed by atoms with Gasteiger partial charge in [0.05, 0.1) is 26.4 Å². The van der Waals surface area contributed by atoms with Crippen molar-refractivity contribution in [1.29, 1.82) is 0 Å². The Balaban J connectivity index is 1.48. The van der Waals surface area contributed by atoms with Crippen LogP contribution in [-0.2, 0) is 0 Å². The van der Waals surface area contributed by atoms with Gasteiger partial charge in [-0.25, -0.2) is 0 Å². The molecule has 4 rings (SSSR count). The molecule has 1 N–H and O–H groups in total. The van der Waals surface area contributed by atoms with E-state index in [1.165, 1.54) is 10.6 Å². The predicted octanol–water partition coefficient (Wildman–Crippen LogP) is 1.79. The van der Waals surface area contributed by atoms with E-state index < -0.39 is 0 Å². The molecule has 27 heavy (non-hydrogen) atoms. The zero-order valence-electron chi connectivity index (χ0n) is 15.4. The second kappa shape index (κ2) is 7.68. The normalized spacial score (nSPS) is 15.5. The predicted molar refractivity (Wildman–Crippen MR) is 106 cm³/mol. The van der Waals surface area contributed by atoms with Crippen molar-refractivity contribution in [2.24, 2.45) is 5.10 Å². The summed E-state index contributed by atoms with van der Waals surface area (Å²) in [6.07, 6.45) is 1.72. The lowest BCUT2D eigenvalue weighted by molar-refractivity contribution is -0.838. The highest BCUT2D eigenvalue weighted by Crippen LogP contribution is 2.24. The fraction of sp³-hybridized carbons (Fsp3) is 0.227. The number of nitrogens with one attached hydrogen (secondary N) is 1. The summed E-state index contributed by atoms with van der Waals surface area (Å²) in [5.41, 5.74) is 1.85. The van der Waals surface area contributed by atoms with Gasteiger partial charge in [-0.05, 0) is 22.4 Å². The second-order valence-electron chi connectivity index (χ2n) is 6.70. The summed E-state index contributed by atoms with van der Waals surface area (Å²) in [5, 5.41) is 20.9. The molecule has 0 saturated carbocycles. The van der Waals surface area contributed by atoms with E-state index in [2.05, 4.69) is 11.2 Å². The van der Waals surface area contributed by atoms with E-state index >= 15 is 0 Å². The van der Waals surface area contributed by atoms with Gasteiger partial charge in [0.15, 0.2) is 11.4 Å². The van der Waals surface area contributed by atoms with Gasteiger partial charge < -0.3 is 9.84 Å². The van der Waals surface area contributed by atoms with Crippen LogP contribution >= 0.6 is 0 Å². The van der Waals surface area contributed by atoms with E-state index in [0.29, 0.717) is 5.56 Å². The Morgan fingerprint density at radius 2 is 1.74 bits per heavy atom. The summed E-state index contributed by atoms with van der Waals surface area (Å²) in [7, 11) is 1.71. The number of fused-ring (bicyclic) bond motifs is 1. The average Bonchev–Trinajstić information content (AvgIpc) is 2.73. The van der Waals surface area contributed by atoms with E-state index in [1.54, 1.807) is 19.4 Å². The molecule has 0 amide bonds. The molecule has 138 valence electrons. The zero-order chi connectivity index (χ0) is 18.6. The molecule has 1 heterocycles. The highest BCUT2D eigenvalue weighted by atomic mass is 16.5. The fourth-order valence-corrected chi connectivity index (χ4v) is 3.63. The number of hydrogen-bond donors (Lipinski definition) is 1. The Hall–Kier alpha value is -3.05. The van der Waals surface area contributed by atoms with Crippen molar-refractivity contribution in [3.8, 4) is 11.5 Å². The third-order valence-corrected chi connectivity index (χ3v) is 5.11. The van der Waals surface area contributed by atoms with E-state index in [1.807, 2.05) is 53.5 Å². The van der Waals surface area contributed by atoms with E-state index in [0.717, 1.165) is 42.7 Å². The second-order valence-corrected chi connectivity index (χ2v) is 6.70. The molecule has 3 aromatic rings. The number of piperazine rings is 1. The van der Waals surface area contributed by atoms with Crippen LogP contribution in [0.15, 0.2) is 65.8 Å². The van der Waals surface area contributed by atoms with Crippen molar-refractivity contribution >= 4 is 22.7 Å². The summed E-state index contributed by atoms with van der Waals surface area (Å²) in [4.78, 5) is 1.40. The maximum absolute atomic E-state index is 12.3. The number of hydrogen-bond acceptors (Lipinski definition) is 4. The van der Waals surface area contributed by atoms with Crippen molar-refractivity contribution in [2.75, 3.05) is 33.3 Å². The lowest BCUT2D eigenvalue weighted by Gasteiger charge is -2.30. The van der Waals surface area contributed by atoms with Crippen LogP contribution in [0.2, 0.25) is 0 Å². The number of para-hydroxylation sites is 2. The Morgan fingerprint density at radius 3 is 2.56 bits per heavy atom. The standard InChI is InChI=1S/C22H23N3O2/c1-27-22-9-5-4-8-20(22)24-12-14-25(15-13-24)23-16-19-18-7-3-2-6-17(18)10-11-21(19)26/h2-11,16,26H,12-15H2,1H3/b23-16+. The van der Waals surface area contributed by atoms with Crippen LogP contribution in [0.25, 0.3) is 10.8 Å². The number of methoxy groups -OCH3 is 1. The maximum Gasteiger partial charge on any atom is 0.179 e. The molecule has 1 aliphatic heterocycles. The molecule has 0 radical (unpaired) electrons. The minimum absolute atomic E-state index is 0.00994. The van der Waals surface area contributed by atoms with Crippen molar-refractivity contribution in [1.82, 2.24) is 5.01 Å². The summed E-state index contributed by atoms with van der Waals surface area (Å²) >= 11 is 0. The fourth-order valence-electron chi connectivity index (χ4n) is 3.63. The third-order valence-electron chi connectivity index (χ3n) is 5.11. The Labute approximate surface area is 159 Å². The Kier molecular flexibility index (Phi) is 4.94. The number of quaternary nitrogens is 1. The molecule has 1 saturated heterocycles. The highest BCUT2D eigenvalue weighted by Gasteiger charge is 2.23. The van der Waals surface area contributed by atoms with Gasteiger partial charge in [-0.3, -0.25) is 9.91 Å². The number of ether oxygens (including phenoxy) is 1. The minimum atomic E-state index is 0.00994. The molecule has 1 fully saturated rings. The Morgan fingerprint density at radius 1 is 1.00 bits per heavy atom. The van der Waals surface area contributed by atoms with Gasteiger partial charge >= 0.3 is 0 Å². The number of nitrogens with zero attached hydrogens (tertiary/aromatic N) is 2. The smallest absolute Gasteiger partial charge is 0.179 e. The molecule has 1 aliphatic rings. The first kappa shape index (κ1) is 17.4. The number of rotatable bonds is 4. The minimum Gasteiger partial charge on any atom is -0.872 e. The van der Waals surface area contributed by atoms with Crippen LogP contribution in [0.5, 0.6) is 11.5 Å². The van der Waals surface area contributed by atoms with Gasteiger partial charge in [-0.1, -0.05) is 54.3 Å². The van der Waals surface area contributed by atoms with Crippen LogP contribution in [0.3, 0.4) is 0 Å². The van der Waals surface area contributed by atoms with Gasteiger partial charge in [-0.2, -0.15) is 5.10 Å². The van der Waals surface area contributed by atoms with E-state index in [9.17, 15) is 5.11 Å². The molecule has 0 aliphatic carbocycles. The molecule has 3 aromatic carbocycles.